The second-order valence-electron chi connectivity index (χ2n) is 13.6. The first-order valence-corrected chi connectivity index (χ1v) is 20.5. The van der Waals surface area contributed by atoms with Gasteiger partial charge in [0, 0.05) is 6.20 Å². The number of anilines is 1. The van der Waals surface area contributed by atoms with Gasteiger partial charge < -0.3 is 34.1 Å². The summed E-state index contributed by atoms with van der Waals surface area (Å²) in [6.07, 6.45) is -4.01. The lowest BCUT2D eigenvalue weighted by Crippen LogP contribution is -2.45. The monoisotopic (exact) mass is 809 g/mol. The quantitative estimate of drug-likeness (QED) is 0.0972. The number of rotatable bonds is 19. The molecule has 0 aliphatic carbocycles. The summed E-state index contributed by atoms with van der Waals surface area (Å²) in [6.45, 7) is 9.70. The minimum Gasteiger partial charge on any atom is -0.462 e. The second kappa shape index (κ2) is 18.7. The summed E-state index contributed by atoms with van der Waals surface area (Å²) >= 11 is 0. The molecule has 0 spiro atoms. The minimum absolute atomic E-state index is 0.0786. The first kappa shape index (κ1) is 43.6. The molecule has 302 valence electrons. The topological polar surface area (TPSA) is 238 Å². The normalized spacial score (nSPS) is 23.0. The van der Waals surface area contributed by atoms with E-state index >= 15 is 0 Å². The van der Waals surface area contributed by atoms with Crippen molar-refractivity contribution in [1.82, 2.24) is 19.7 Å². The van der Waals surface area contributed by atoms with Crippen molar-refractivity contribution in [2.75, 3.05) is 18.9 Å². The number of hydrogen-bond acceptors (Lipinski definition) is 15. The summed E-state index contributed by atoms with van der Waals surface area (Å²) in [5.74, 6) is -1.28. The number of ether oxygens (including phenoxy) is 3. The van der Waals surface area contributed by atoms with E-state index in [0.717, 1.165) is 4.57 Å². The summed E-state index contributed by atoms with van der Waals surface area (Å²) in [7, 11) is -8.95. The van der Waals surface area contributed by atoms with Crippen LogP contribution in [-0.4, -0.2) is 76.3 Å². The predicted molar refractivity (Wildman–Crippen MR) is 200 cm³/mol. The molecule has 2 aromatic carbocycles. The van der Waals surface area contributed by atoms with Gasteiger partial charge in [-0.2, -0.15) is 15.2 Å². The molecule has 18 nitrogen and oxygen atoms in total. The van der Waals surface area contributed by atoms with Crippen LogP contribution in [0.25, 0.3) is 0 Å². The lowest BCUT2D eigenvalue weighted by atomic mass is 9.81. The van der Waals surface area contributed by atoms with Gasteiger partial charge in [-0.3, -0.25) is 23.2 Å². The summed E-state index contributed by atoms with van der Waals surface area (Å²) in [4.78, 5) is 42.1. The Morgan fingerprint density at radius 1 is 0.855 bits per heavy atom. The lowest BCUT2D eigenvalue weighted by molar-refractivity contribution is -0.150. The number of nitrogen functional groups attached to an aromatic ring is 1. The number of carbonyl (C=O) groups is 2. The third-order valence-corrected chi connectivity index (χ3v) is 11.4. The van der Waals surface area contributed by atoms with Crippen molar-refractivity contribution in [3.8, 4) is 11.5 Å². The Labute approximate surface area is 319 Å². The van der Waals surface area contributed by atoms with Crippen molar-refractivity contribution in [1.29, 1.82) is 0 Å². The molecule has 3 aromatic rings. The fourth-order valence-electron chi connectivity index (χ4n) is 5.22. The minimum atomic E-state index is -4.49. The molecule has 0 amide bonds. The number of nitrogens with zero attached hydrogens (tertiary/aromatic N) is 2. The average molecular weight is 810 g/mol. The Hall–Kier alpha value is -4.12. The highest BCUT2D eigenvalue weighted by Gasteiger charge is 2.56. The summed E-state index contributed by atoms with van der Waals surface area (Å²) in [5, 5.41) is 17.0. The Kier molecular flexibility index (Phi) is 14.8. The maximum absolute atomic E-state index is 14.4. The number of hydrogen-bond donors (Lipinski definition) is 4. The van der Waals surface area contributed by atoms with Crippen LogP contribution in [0.1, 0.15) is 54.7 Å². The van der Waals surface area contributed by atoms with Gasteiger partial charge in [-0.25, -0.2) is 13.9 Å². The van der Waals surface area contributed by atoms with Crippen LogP contribution in [0.5, 0.6) is 11.5 Å². The molecule has 4 rings (SSSR count). The summed E-state index contributed by atoms with van der Waals surface area (Å²) < 4.78 is 69.9. The van der Waals surface area contributed by atoms with Gasteiger partial charge in [0.25, 0.3) is 0 Å². The number of nitrogens with one attached hydrogen (secondary N) is 2. The van der Waals surface area contributed by atoms with E-state index in [9.17, 15) is 28.6 Å². The molecule has 1 aliphatic heterocycles. The van der Waals surface area contributed by atoms with Crippen molar-refractivity contribution < 1.29 is 56.1 Å². The van der Waals surface area contributed by atoms with Gasteiger partial charge in [0.2, 0.25) is 0 Å². The van der Waals surface area contributed by atoms with E-state index in [4.69, 9.17) is 38.0 Å². The molecule has 5 N–H and O–H groups in total. The average Bonchev–Trinajstić information content (AvgIpc) is 3.35. The molecule has 2 heterocycles. The van der Waals surface area contributed by atoms with Gasteiger partial charge in [0.15, 0.2) is 6.23 Å². The SMILES string of the molecule is CC(C)OC(=O)[C@H](C)NP(=O)(OC[C@H]1O[C@@H](n2ccc(N)nc2=O)C(O)C1(C)COP(=O)(N[C@@H](C)C(=O)OC(C)C)Oc1ccccc1)Oc1ccccc1. The van der Waals surface area contributed by atoms with E-state index in [-0.39, 0.29) is 17.3 Å². The zero-order valence-electron chi connectivity index (χ0n) is 31.6. The van der Waals surface area contributed by atoms with Gasteiger partial charge in [-0.05, 0) is 71.9 Å². The standard InChI is InChI=1S/C35H49N5O13P2/c1-22(2)49-32(42)24(5)38-54(45,52-26-14-10-8-11-15-26)47-20-28-35(7,30(41)31(51-28)40-19-18-29(36)37-34(40)44)21-48-55(46,53-27-16-12-9-13-17-27)39-25(6)33(43)50-23(3)4/h8-19,22-25,28,30-31,41H,20-21H2,1-7H3,(H,38,45)(H,39,46)(H2,36,37,44)/t24-,25-,28+,30?,31+,35?,54?,55?/m0/s1. The summed E-state index contributed by atoms with van der Waals surface area (Å²) in [6, 6.07) is 15.0. The molecular weight excluding hydrogens is 760 g/mol. The molecule has 4 unspecified atom stereocenters. The van der Waals surface area contributed by atoms with Crippen molar-refractivity contribution in [3.63, 3.8) is 0 Å². The number of esters is 2. The number of nitrogens with two attached hydrogens (primary N) is 1. The molecule has 1 saturated heterocycles. The Balaban J connectivity index is 1.69. The lowest BCUT2D eigenvalue weighted by Gasteiger charge is -2.34. The van der Waals surface area contributed by atoms with E-state index in [1.807, 2.05) is 0 Å². The molecule has 1 aromatic heterocycles. The van der Waals surface area contributed by atoms with Gasteiger partial charge >= 0.3 is 33.1 Å². The zero-order valence-corrected chi connectivity index (χ0v) is 33.4. The number of aliphatic hydroxyl groups is 1. The second-order valence-corrected chi connectivity index (χ2v) is 16.9. The molecule has 20 heteroatoms. The number of aromatic nitrogens is 2. The van der Waals surface area contributed by atoms with Crippen LogP contribution in [0.2, 0.25) is 0 Å². The highest BCUT2D eigenvalue weighted by molar-refractivity contribution is 7.52. The molecule has 0 radical (unpaired) electrons. The van der Waals surface area contributed by atoms with Crippen LogP contribution < -0.4 is 30.6 Å². The van der Waals surface area contributed by atoms with Crippen LogP contribution in [0.3, 0.4) is 0 Å². The van der Waals surface area contributed by atoms with E-state index in [1.54, 1.807) is 64.1 Å². The maximum Gasteiger partial charge on any atom is 0.459 e. The molecule has 0 bridgehead atoms. The highest BCUT2D eigenvalue weighted by Crippen LogP contribution is 2.52. The van der Waals surface area contributed by atoms with Crippen molar-refractivity contribution in [2.24, 2.45) is 5.41 Å². The fraction of sp³-hybridized carbons (Fsp3) is 0.486. The molecule has 1 fully saturated rings. The van der Waals surface area contributed by atoms with Crippen molar-refractivity contribution in [3.05, 3.63) is 83.4 Å². The Morgan fingerprint density at radius 3 is 1.78 bits per heavy atom. The van der Waals surface area contributed by atoms with Crippen LogP contribution in [0.4, 0.5) is 5.82 Å². The summed E-state index contributed by atoms with van der Waals surface area (Å²) in [5.41, 5.74) is 3.20. The molecule has 1 aliphatic rings. The molecule has 0 saturated carbocycles. The number of carbonyl (C=O) groups excluding carboxylic acids is 2. The van der Waals surface area contributed by atoms with Crippen LogP contribution in [-0.2, 0) is 42.0 Å². The number of para-hydroxylation sites is 2. The van der Waals surface area contributed by atoms with Crippen LogP contribution in [0, 0.1) is 5.41 Å². The van der Waals surface area contributed by atoms with Crippen molar-refractivity contribution in [2.45, 2.75) is 91.2 Å². The number of aliphatic hydroxyl groups excluding tert-OH is 1. The van der Waals surface area contributed by atoms with Gasteiger partial charge in [0.1, 0.15) is 35.5 Å². The smallest absolute Gasteiger partial charge is 0.459 e. The number of benzene rings is 2. The Bertz CT molecular complexity index is 1900. The van der Waals surface area contributed by atoms with E-state index < -0.39 is 94.5 Å². The largest absolute Gasteiger partial charge is 0.462 e. The van der Waals surface area contributed by atoms with Gasteiger partial charge in [-0.15, -0.1) is 0 Å². The van der Waals surface area contributed by atoms with Crippen LogP contribution in [0.15, 0.2) is 77.7 Å². The van der Waals surface area contributed by atoms with E-state index in [0.29, 0.717) is 0 Å². The van der Waals surface area contributed by atoms with Crippen molar-refractivity contribution >= 4 is 33.2 Å². The first-order valence-electron chi connectivity index (χ1n) is 17.5. The molecule has 55 heavy (non-hydrogen) atoms. The fourth-order valence-corrected chi connectivity index (χ4v) is 8.32. The van der Waals surface area contributed by atoms with E-state index in [2.05, 4.69) is 15.2 Å². The zero-order chi connectivity index (χ0) is 40.6. The third-order valence-electron chi connectivity index (χ3n) is 8.10. The van der Waals surface area contributed by atoms with E-state index in [1.165, 1.54) is 57.3 Å². The van der Waals surface area contributed by atoms with Gasteiger partial charge in [0.05, 0.1) is 36.9 Å². The Morgan fingerprint density at radius 2 is 1.33 bits per heavy atom. The highest BCUT2D eigenvalue weighted by atomic mass is 31.2. The first-order chi connectivity index (χ1) is 25.8. The predicted octanol–water partition coefficient (Wildman–Crippen LogP) is 4.36. The third kappa shape index (κ3) is 11.9. The molecular formula is C35H49N5O13P2. The maximum atomic E-state index is 14.4. The van der Waals surface area contributed by atoms with Gasteiger partial charge in [-0.1, -0.05) is 43.3 Å². The molecule has 8 atom stereocenters. The van der Waals surface area contributed by atoms with Crippen LogP contribution >= 0.6 is 15.5 Å².